The zero-order valence-corrected chi connectivity index (χ0v) is 22.1. The summed E-state index contributed by atoms with van der Waals surface area (Å²) < 4.78 is 27.0. The summed E-state index contributed by atoms with van der Waals surface area (Å²) >= 11 is 6.52. The van der Waals surface area contributed by atoms with Crippen LogP contribution in [-0.4, -0.2) is 38.4 Å². The average molecular weight is 529 g/mol. The van der Waals surface area contributed by atoms with E-state index >= 15 is 0 Å². The van der Waals surface area contributed by atoms with E-state index in [0.29, 0.717) is 23.7 Å². The van der Waals surface area contributed by atoms with Crippen molar-refractivity contribution in [1.82, 2.24) is 20.0 Å². The van der Waals surface area contributed by atoms with Crippen molar-refractivity contribution in [1.29, 1.82) is 0 Å². The molecule has 2 N–H and O–H groups in total. The van der Waals surface area contributed by atoms with E-state index in [9.17, 15) is 14.3 Å². The zero-order valence-electron chi connectivity index (χ0n) is 21.4. The molecule has 0 saturated heterocycles. The Morgan fingerprint density at radius 1 is 1.24 bits per heavy atom. The zero-order chi connectivity index (χ0) is 26.9. The number of hydrogen-bond donors (Lipinski definition) is 2. The first-order valence-electron chi connectivity index (χ1n) is 12.0. The summed E-state index contributed by atoms with van der Waals surface area (Å²) in [5, 5.41) is 18.1. The molecule has 4 aromatic rings. The van der Waals surface area contributed by atoms with E-state index in [2.05, 4.69) is 15.5 Å². The van der Waals surface area contributed by atoms with Crippen molar-refractivity contribution in [2.75, 3.05) is 6.54 Å². The number of hydrogen-bond acceptors (Lipinski definition) is 6. The highest BCUT2D eigenvalue weighted by molar-refractivity contribution is 6.35. The van der Waals surface area contributed by atoms with Crippen molar-refractivity contribution in [2.45, 2.75) is 47.3 Å². The Kier molecular flexibility index (Phi) is 7.57. The third-order valence-corrected chi connectivity index (χ3v) is 6.31. The summed E-state index contributed by atoms with van der Waals surface area (Å²) in [5.41, 5.74) is 1.80. The molecule has 10 heteroatoms. The molecule has 0 spiro atoms. The summed E-state index contributed by atoms with van der Waals surface area (Å²) in [6.45, 7) is 10.2. The number of carboxylic acid groups (broad SMARTS) is 1. The van der Waals surface area contributed by atoms with Gasteiger partial charge in [0.25, 0.3) is 11.8 Å². The van der Waals surface area contributed by atoms with Gasteiger partial charge >= 0.3 is 5.97 Å². The van der Waals surface area contributed by atoms with E-state index in [0.717, 1.165) is 16.5 Å². The van der Waals surface area contributed by atoms with Gasteiger partial charge in [0.15, 0.2) is 11.6 Å². The number of benzene rings is 2. The molecule has 1 atom stereocenters. The van der Waals surface area contributed by atoms with Crippen LogP contribution in [-0.2, 0) is 11.3 Å². The summed E-state index contributed by atoms with van der Waals surface area (Å²) in [6.07, 6.45) is 1.54. The number of rotatable bonds is 9. The van der Waals surface area contributed by atoms with E-state index in [1.165, 1.54) is 12.1 Å². The summed E-state index contributed by atoms with van der Waals surface area (Å²) in [5.74, 6) is -1.27. The molecule has 0 saturated carbocycles. The number of halogens is 2. The van der Waals surface area contributed by atoms with E-state index < -0.39 is 17.7 Å². The van der Waals surface area contributed by atoms with Crippen LogP contribution in [0.2, 0.25) is 5.02 Å². The molecule has 0 aliphatic heterocycles. The second-order valence-corrected chi connectivity index (χ2v) is 10.7. The SMILES string of the molecule is CC(C)Oc1ccc(-c2nc(-n3cc(Cl)c4cc(CNCC(C(=O)O)C(C)(C)C)ccc43)no2)cc1F. The number of carbonyl (C=O) groups is 1. The van der Waals surface area contributed by atoms with E-state index in [-0.39, 0.29) is 29.1 Å². The van der Waals surface area contributed by atoms with Gasteiger partial charge in [0, 0.05) is 30.2 Å². The van der Waals surface area contributed by atoms with Gasteiger partial charge in [-0.05, 0) is 60.3 Å². The van der Waals surface area contributed by atoms with Gasteiger partial charge in [-0.3, -0.25) is 9.36 Å². The maximum atomic E-state index is 14.4. The standard InChI is InChI=1S/C27H30ClFN4O4/c1-15(2)36-23-9-7-17(11-21(23)29)24-31-26(32-37-24)33-14-20(28)18-10-16(6-8-22(18)33)12-30-13-19(25(34)35)27(3,4)5/h6-11,14-15,19,30H,12-13H2,1-5H3,(H,34,35). The molecule has 8 nitrogen and oxygen atoms in total. The minimum absolute atomic E-state index is 0.149. The van der Waals surface area contributed by atoms with Gasteiger partial charge in [-0.25, -0.2) is 4.39 Å². The lowest BCUT2D eigenvalue weighted by Gasteiger charge is -2.27. The molecule has 37 heavy (non-hydrogen) atoms. The molecule has 2 aromatic heterocycles. The molecule has 0 radical (unpaired) electrons. The number of aromatic nitrogens is 3. The minimum atomic E-state index is -0.822. The number of carboxylic acids is 1. The highest BCUT2D eigenvalue weighted by atomic mass is 35.5. The molecular weight excluding hydrogens is 499 g/mol. The van der Waals surface area contributed by atoms with Gasteiger partial charge in [-0.2, -0.15) is 4.98 Å². The van der Waals surface area contributed by atoms with Gasteiger partial charge in [0.1, 0.15) is 0 Å². The second kappa shape index (κ2) is 10.5. The predicted molar refractivity (Wildman–Crippen MR) is 140 cm³/mol. The van der Waals surface area contributed by atoms with Crippen molar-refractivity contribution >= 4 is 28.5 Å². The number of nitrogens with zero attached hydrogens (tertiary/aromatic N) is 3. The van der Waals surface area contributed by atoms with Gasteiger partial charge in [-0.1, -0.05) is 38.4 Å². The molecule has 196 valence electrons. The maximum Gasteiger partial charge on any atom is 0.308 e. The van der Waals surface area contributed by atoms with E-state index in [1.54, 1.807) is 16.8 Å². The number of fused-ring (bicyclic) bond motifs is 1. The van der Waals surface area contributed by atoms with E-state index in [1.807, 2.05) is 52.8 Å². The van der Waals surface area contributed by atoms with E-state index in [4.69, 9.17) is 20.9 Å². The van der Waals surface area contributed by atoms with Crippen molar-refractivity contribution in [3.8, 4) is 23.2 Å². The first-order chi connectivity index (χ1) is 17.4. The lowest BCUT2D eigenvalue weighted by atomic mass is 9.81. The quantitative estimate of drug-likeness (QED) is 0.271. The van der Waals surface area contributed by atoms with Crippen LogP contribution in [0.3, 0.4) is 0 Å². The lowest BCUT2D eigenvalue weighted by Crippen LogP contribution is -2.37. The molecule has 2 heterocycles. The fourth-order valence-corrected chi connectivity index (χ4v) is 4.30. The van der Waals surface area contributed by atoms with Gasteiger partial charge < -0.3 is 19.7 Å². The number of nitrogens with one attached hydrogen (secondary N) is 1. The summed E-state index contributed by atoms with van der Waals surface area (Å²) in [6, 6.07) is 10.3. The molecule has 0 aliphatic carbocycles. The van der Waals surface area contributed by atoms with Crippen molar-refractivity contribution in [3.05, 3.63) is 59.0 Å². The highest BCUT2D eigenvalue weighted by Gasteiger charge is 2.30. The van der Waals surface area contributed by atoms with Crippen LogP contribution in [0.4, 0.5) is 4.39 Å². The van der Waals surface area contributed by atoms with Crippen molar-refractivity contribution in [2.24, 2.45) is 11.3 Å². The smallest absolute Gasteiger partial charge is 0.308 e. The van der Waals surface area contributed by atoms with Crippen LogP contribution in [0.25, 0.3) is 28.3 Å². The topological polar surface area (TPSA) is 102 Å². The van der Waals surface area contributed by atoms with Crippen molar-refractivity contribution < 1.29 is 23.6 Å². The molecule has 0 amide bonds. The number of ether oxygens (including phenoxy) is 1. The van der Waals surface area contributed by atoms with Gasteiger partial charge in [0.05, 0.1) is 22.6 Å². The Hall–Kier alpha value is -3.43. The molecule has 0 fully saturated rings. The first kappa shape index (κ1) is 26.6. The summed E-state index contributed by atoms with van der Waals surface area (Å²) in [4.78, 5) is 16.0. The normalized spacial score (nSPS) is 12.9. The Balaban J connectivity index is 1.53. The lowest BCUT2D eigenvalue weighted by molar-refractivity contribution is -0.145. The third kappa shape index (κ3) is 5.94. The Morgan fingerprint density at radius 3 is 2.65 bits per heavy atom. The first-order valence-corrected chi connectivity index (χ1v) is 12.4. The van der Waals surface area contributed by atoms with Crippen LogP contribution in [0.1, 0.15) is 40.2 Å². The predicted octanol–water partition coefficient (Wildman–Crippen LogP) is 6.10. The molecule has 0 bridgehead atoms. The van der Waals surface area contributed by atoms with Gasteiger partial charge in [0.2, 0.25) is 0 Å². The molecule has 4 rings (SSSR count). The molecule has 0 aliphatic rings. The maximum absolute atomic E-state index is 14.4. The van der Waals surface area contributed by atoms with Crippen molar-refractivity contribution in [3.63, 3.8) is 0 Å². The number of aliphatic carboxylic acids is 1. The molecule has 1 unspecified atom stereocenters. The van der Waals surface area contributed by atoms with Crippen LogP contribution >= 0.6 is 11.6 Å². The average Bonchev–Trinajstić information content (AvgIpc) is 3.42. The second-order valence-electron chi connectivity index (χ2n) is 10.3. The third-order valence-electron chi connectivity index (χ3n) is 6.01. The highest BCUT2D eigenvalue weighted by Crippen LogP contribution is 2.31. The largest absolute Gasteiger partial charge is 0.488 e. The Bertz CT molecular complexity index is 1420. The Morgan fingerprint density at radius 2 is 2.00 bits per heavy atom. The fourth-order valence-electron chi connectivity index (χ4n) is 4.05. The Labute approximate surface area is 219 Å². The van der Waals surface area contributed by atoms with Crippen LogP contribution < -0.4 is 10.1 Å². The molecule has 2 aromatic carbocycles. The fraction of sp³-hybridized carbons (Fsp3) is 0.370. The monoisotopic (exact) mass is 528 g/mol. The van der Waals surface area contributed by atoms with Crippen LogP contribution in [0, 0.1) is 17.2 Å². The van der Waals surface area contributed by atoms with Crippen LogP contribution in [0.15, 0.2) is 47.1 Å². The summed E-state index contributed by atoms with van der Waals surface area (Å²) in [7, 11) is 0. The van der Waals surface area contributed by atoms with Gasteiger partial charge in [-0.15, -0.1) is 0 Å². The molecular formula is C27H30ClFN4O4. The van der Waals surface area contributed by atoms with Crippen LogP contribution in [0.5, 0.6) is 5.75 Å². The minimum Gasteiger partial charge on any atom is -0.488 e.